The predicted molar refractivity (Wildman–Crippen MR) is 65.1 cm³/mol. The molecule has 0 aliphatic heterocycles. The molecule has 0 spiro atoms. The Balaban J connectivity index is 2.24. The van der Waals surface area contributed by atoms with Gasteiger partial charge in [0.05, 0.1) is 11.8 Å². The fraction of sp³-hybridized carbons (Fsp3) is 0. The minimum atomic E-state index is -0.275. The Morgan fingerprint density at radius 2 is 2.25 bits per heavy atom. The number of rotatable bonds is 2. The quantitative estimate of drug-likeness (QED) is 0.736. The summed E-state index contributed by atoms with van der Waals surface area (Å²) in [6, 6.07) is 6.78. The Kier molecular flexibility index (Phi) is 2.91. The first-order valence-corrected chi connectivity index (χ1v) is 5.32. The number of aromatic amines is 1. The lowest BCUT2D eigenvalue weighted by Gasteiger charge is -2.05. The lowest BCUT2D eigenvalue weighted by molar-refractivity contribution is 0.102. The molecule has 0 bridgehead atoms. The van der Waals surface area contributed by atoms with Crippen molar-refractivity contribution in [3.8, 4) is 0 Å². The average molecular weight is 281 g/mol. The summed E-state index contributed by atoms with van der Waals surface area (Å²) in [7, 11) is 0. The van der Waals surface area contributed by atoms with E-state index >= 15 is 0 Å². The number of nitrogens with zero attached hydrogens (tertiary/aromatic N) is 1. The number of amides is 1. The van der Waals surface area contributed by atoms with Gasteiger partial charge in [0.2, 0.25) is 0 Å². The van der Waals surface area contributed by atoms with E-state index in [0.29, 0.717) is 17.1 Å². The molecule has 0 atom stereocenters. The van der Waals surface area contributed by atoms with Gasteiger partial charge in [-0.15, -0.1) is 0 Å². The van der Waals surface area contributed by atoms with Crippen LogP contribution in [-0.4, -0.2) is 16.1 Å². The third-order valence-electron chi connectivity index (χ3n) is 2.01. The molecule has 0 saturated heterocycles. The molecular formula is C10H9BrN4O. The molecule has 0 saturated carbocycles. The number of carbonyl (C=O) groups excluding carboxylic acids is 1. The number of nitrogens with one attached hydrogen (secondary N) is 2. The van der Waals surface area contributed by atoms with Crippen LogP contribution in [0.1, 0.15) is 10.4 Å². The van der Waals surface area contributed by atoms with Crippen LogP contribution in [0, 0.1) is 0 Å². The smallest absolute Gasteiger partial charge is 0.258 e. The van der Waals surface area contributed by atoms with Gasteiger partial charge in [-0.3, -0.25) is 9.89 Å². The third-order valence-corrected chi connectivity index (χ3v) is 2.50. The number of benzene rings is 1. The first-order chi connectivity index (χ1) is 7.66. The van der Waals surface area contributed by atoms with Crippen LogP contribution in [0.3, 0.4) is 0 Å². The summed E-state index contributed by atoms with van der Waals surface area (Å²) in [5.74, 6) is 0.257. The Morgan fingerprint density at radius 3 is 2.94 bits per heavy atom. The minimum Gasteiger partial charge on any atom is -0.398 e. The van der Waals surface area contributed by atoms with Gasteiger partial charge in [-0.25, -0.2) is 0 Å². The zero-order valence-corrected chi connectivity index (χ0v) is 9.78. The highest BCUT2D eigenvalue weighted by atomic mass is 79.9. The maximum atomic E-state index is 11.8. The van der Waals surface area contributed by atoms with E-state index in [1.165, 1.54) is 0 Å². The van der Waals surface area contributed by atoms with Crippen molar-refractivity contribution in [2.24, 2.45) is 0 Å². The monoisotopic (exact) mass is 280 g/mol. The minimum absolute atomic E-state index is 0.275. The summed E-state index contributed by atoms with van der Waals surface area (Å²) >= 11 is 3.29. The molecule has 1 aromatic heterocycles. The zero-order valence-electron chi connectivity index (χ0n) is 8.20. The van der Waals surface area contributed by atoms with Crippen LogP contribution in [0.5, 0.6) is 0 Å². The molecule has 2 rings (SSSR count). The summed E-state index contributed by atoms with van der Waals surface area (Å²) in [5.41, 5.74) is 6.56. The number of nitrogen functional groups attached to an aromatic ring is 1. The van der Waals surface area contributed by atoms with Crippen molar-refractivity contribution in [2.75, 3.05) is 11.1 Å². The molecule has 0 aliphatic carbocycles. The van der Waals surface area contributed by atoms with E-state index in [-0.39, 0.29) is 5.91 Å². The van der Waals surface area contributed by atoms with Crippen molar-refractivity contribution in [3.63, 3.8) is 0 Å². The fourth-order valence-corrected chi connectivity index (χ4v) is 1.60. The number of aromatic nitrogens is 2. The lowest BCUT2D eigenvalue weighted by atomic mass is 10.1. The van der Waals surface area contributed by atoms with E-state index in [0.717, 1.165) is 4.47 Å². The van der Waals surface area contributed by atoms with Crippen LogP contribution in [0.25, 0.3) is 0 Å². The number of hydrogen-bond acceptors (Lipinski definition) is 3. The summed E-state index contributed by atoms with van der Waals surface area (Å²) in [5, 5.41) is 9.01. The van der Waals surface area contributed by atoms with Crippen molar-refractivity contribution >= 4 is 33.3 Å². The third kappa shape index (κ3) is 2.22. The van der Waals surface area contributed by atoms with E-state index in [2.05, 4.69) is 31.4 Å². The normalized spacial score (nSPS) is 10.1. The summed E-state index contributed by atoms with van der Waals surface area (Å²) < 4.78 is 0.802. The van der Waals surface area contributed by atoms with E-state index < -0.39 is 0 Å². The van der Waals surface area contributed by atoms with Crippen LogP contribution in [0.15, 0.2) is 34.9 Å². The van der Waals surface area contributed by atoms with E-state index in [1.54, 1.807) is 30.5 Å². The molecule has 82 valence electrons. The van der Waals surface area contributed by atoms with Crippen LogP contribution >= 0.6 is 15.9 Å². The van der Waals surface area contributed by atoms with E-state index in [4.69, 9.17) is 5.73 Å². The van der Waals surface area contributed by atoms with Crippen LogP contribution < -0.4 is 11.1 Å². The molecule has 1 amide bonds. The fourth-order valence-electron chi connectivity index (χ4n) is 1.24. The zero-order chi connectivity index (χ0) is 11.5. The SMILES string of the molecule is Nc1ccc(Br)cc1C(=O)Nc1ccn[nH]1. The first kappa shape index (κ1) is 10.7. The Bertz CT molecular complexity index is 510. The molecule has 0 aliphatic rings. The predicted octanol–water partition coefficient (Wildman–Crippen LogP) is 2.01. The largest absolute Gasteiger partial charge is 0.398 e. The summed E-state index contributed by atoms with van der Waals surface area (Å²) in [6.45, 7) is 0. The number of halogens is 1. The Hall–Kier alpha value is -1.82. The topological polar surface area (TPSA) is 83.8 Å². The molecule has 0 fully saturated rings. The molecule has 4 N–H and O–H groups in total. The second kappa shape index (κ2) is 4.36. The van der Waals surface area contributed by atoms with Gasteiger partial charge < -0.3 is 11.1 Å². The Morgan fingerprint density at radius 1 is 1.44 bits per heavy atom. The summed E-state index contributed by atoms with van der Waals surface area (Å²) in [4.78, 5) is 11.8. The van der Waals surface area contributed by atoms with Crippen molar-refractivity contribution in [1.82, 2.24) is 10.2 Å². The number of anilines is 2. The molecule has 1 heterocycles. The van der Waals surface area contributed by atoms with E-state index in [9.17, 15) is 4.79 Å². The van der Waals surface area contributed by atoms with Gasteiger partial charge in [0.15, 0.2) is 0 Å². The number of hydrogen-bond donors (Lipinski definition) is 3. The van der Waals surface area contributed by atoms with Crippen molar-refractivity contribution in [2.45, 2.75) is 0 Å². The van der Waals surface area contributed by atoms with Gasteiger partial charge in [0, 0.05) is 16.2 Å². The number of carbonyl (C=O) groups is 1. The van der Waals surface area contributed by atoms with Gasteiger partial charge in [0.1, 0.15) is 5.82 Å². The van der Waals surface area contributed by atoms with Crippen LogP contribution in [-0.2, 0) is 0 Å². The molecule has 0 unspecified atom stereocenters. The van der Waals surface area contributed by atoms with Crippen LogP contribution in [0.2, 0.25) is 0 Å². The molecule has 2 aromatic rings. The molecule has 0 radical (unpaired) electrons. The molecule has 5 nitrogen and oxygen atoms in total. The summed E-state index contributed by atoms with van der Waals surface area (Å²) in [6.07, 6.45) is 1.56. The Labute approximate surface area is 100 Å². The van der Waals surface area contributed by atoms with Gasteiger partial charge in [0.25, 0.3) is 5.91 Å². The second-order valence-electron chi connectivity index (χ2n) is 3.16. The molecular weight excluding hydrogens is 272 g/mol. The maximum absolute atomic E-state index is 11.8. The highest BCUT2D eigenvalue weighted by molar-refractivity contribution is 9.10. The lowest BCUT2D eigenvalue weighted by Crippen LogP contribution is -2.14. The maximum Gasteiger partial charge on any atom is 0.258 e. The van der Waals surface area contributed by atoms with Crippen molar-refractivity contribution in [3.05, 3.63) is 40.5 Å². The second-order valence-corrected chi connectivity index (χ2v) is 4.07. The van der Waals surface area contributed by atoms with Gasteiger partial charge in [-0.05, 0) is 18.2 Å². The molecule has 1 aromatic carbocycles. The standard InChI is InChI=1S/C10H9BrN4O/c11-6-1-2-8(12)7(5-6)10(16)14-9-3-4-13-15-9/h1-5H,12H2,(H2,13,14,15,16). The molecule has 6 heteroatoms. The van der Waals surface area contributed by atoms with Crippen molar-refractivity contribution < 1.29 is 4.79 Å². The van der Waals surface area contributed by atoms with Crippen molar-refractivity contribution in [1.29, 1.82) is 0 Å². The van der Waals surface area contributed by atoms with Gasteiger partial charge in [-0.1, -0.05) is 15.9 Å². The number of H-pyrrole nitrogens is 1. The van der Waals surface area contributed by atoms with Crippen LogP contribution in [0.4, 0.5) is 11.5 Å². The first-order valence-electron chi connectivity index (χ1n) is 4.52. The average Bonchev–Trinajstić information content (AvgIpc) is 2.74. The van der Waals surface area contributed by atoms with Gasteiger partial charge >= 0.3 is 0 Å². The molecule has 16 heavy (non-hydrogen) atoms. The van der Waals surface area contributed by atoms with Gasteiger partial charge in [-0.2, -0.15) is 5.10 Å². The number of nitrogens with two attached hydrogens (primary N) is 1. The highest BCUT2D eigenvalue weighted by Gasteiger charge is 2.10. The van der Waals surface area contributed by atoms with E-state index in [1.807, 2.05) is 0 Å². The highest BCUT2D eigenvalue weighted by Crippen LogP contribution is 2.19.